The van der Waals surface area contributed by atoms with Gasteiger partial charge in [0, 0.05) is 0 Å². The quantitative estimate of drug-likeness (QED) is 0.823. The molecule has 0 aliphatic rings. The van der Waals surface area contributed by atoms with Crippen LogP contribution in [0.2, 0.25) is 0 Å². The molecule has 2 aromatic rings. The summed E-state index contributed by atoms with van der Waals surface area (Å²) in [5, 5.41) is 3.95. The van der Waals surface area contributed by atoms with Gasteiger partial charge in [-0.05, 0) is 17.7 Å². The van der Waals surface area contributed by atoms with E-state index < -0.39 is 17.5 Å². The minimum Gasteiger partial charge on any atom is -0.324 e. The van der Waals surface area contributed by atoms with Gasteiger partial charge in [-0.1, -0.05) is 0 Å². The van der Waals surface area contributed by atoms with Gasteiger partial charge in [-0.3, -0.25) is 0 Å². The highest BCUT2D eigenvalue weighted by atomic mass is 19.2. The molecule has 0 bridgehead atoms. The second-order valence-electron chi connectivity index (χ2n) is 3.44. The fraction of sp³-hybridized carbons (Fsp3) is 0.200. The zero-order chi connectivity index (χ0) is 12.4. The Kier molecular flexibility index (Phi) is 3.10. The fourth-order valence-corrected chi connectivity index (χ4v) is 1.39. The van der Waals surface area contributed by atoms with Crippen molar-refractivity contribution < 1.29 is 13.2 Å². The average molecular weight is 242 g/mol. The number of hydrogen-bond acceptors (Lipinski definition) is 3. The van der Waals surface area contributed by atoms with Crippen LogP contribution in [0.25, 0.3) is 0 Å². The zero-order valence-electron chi connectivity index (χ0n) is 8.70. The molecule has 0 aliphatic heterocycles. The van der Waals surface area contributed by atoms with E-state index in [9.17, 15) is 13.2 Å². The Bertz CT molecular complexity index is 515. The smallest absolute Gasteiger partial charge is 0.194 e. The third-order valence-electron chi connectivity index (χ3n) is 2.15. The first-order chi connectivity index (χ1) is 8.10. The molecular weight excluding hydrogens is 233 g/mol. The van der Waals surface area contributed by atoms with Crippen molar-refractivity contribution in [1.29, 1.82) is 0 Å². The summed E-state index contributed by atoms with van der Waals surface area (Å²) >= 11 is 0. The summed E-state index contributed by atoms with van der Waals surface area (Å²) in [5.41, 5.74) is 5.58. The Morgan fingerprint density at radius 3 is 2.35 bits per heavy atom. The van der Waals surface area contributed by atoms with Gasteiger partial charge in [0.15, 0.2) is 23.3 Å². The van der Waals surface area contributed by atoms with Crippen molar-refractivity contribution in [1.82, 2.24) is 14.8 Å². The van der Waals surface area contributed by atoms with Crippen LogP contribution < -0.4 is 5.73 Å². The van der Waals surface area contributed by atoms with Crippen LogP contribution in [0, 0.1) is 17.5 Å². The fourth-order valence-electron chi connectivity index (χ4n) is 1.39. The lowest BCUT2D eigenvalue weighted by molar-refractivity contribution is 0.444. The first kappa shape index (κ1) is 11.6. The minimum atomic E-state index is -1.48. The summed E-state index contributed by atoms with van der Waals surface area (Å²) in [7, 11) is 0. The Hall–Kier alpha value is -1.89. The third-order valence-corrected chi connectivity index (χ3v) is 2.15. The molecular formula is C10H9F3N4. The summed E-state index contributed by atoms with van der Waals surface area (Å²) in [6.45, 7) is 0.278. The maximum Gasteiger partial charge on any atom is 0.194 e. The van der Waals surface area contributed by atoms with E-state index in [2.05, 4.69) is 10.1 Å². The van der Waals surface area contributed by atoms with Crippen molar-refractivity contribution in [3.8, 4) is 0 Å². The summed E-state index contributed by atoms with van der Waals surface area (Å²) < 4.78 is 39.9. The highest BCUT2D eigenvalue weighted by Crippen LogP contribution is 2.14. The second-order valence-corrected chi connectivity index (χ2v) is 3.44. The van der Waals surface area contributed by atoms with Crippen LogP contribution in [-0.4, -0.2) is 14.8 Å². The topological polar surface area (TPSA) is 56.7 Å². The molecule has 0 radical (unpaired) electrons. The van der Waals surface area contributed by atoms with Crippen molar-refractivity contribution in [3.63, 3.8) is 0 Å². The van der Waals surface area contributed by atoms with Crippen molar-refractivity contribution in [3.05, 3.63) is 47.3 Å². The second kappa shape index (κ2) is 4.54. The number of hydrogen-bond donors (Lipinski definition) is 1. The van der Waals surface area contributed by atoms with Gasteiger partial charge in [0.05, 0.1) is 13.1 Å². The normalized spacial score (nSPS) is 10.8. The molecule has 2 N–H and O–H groups in total. The lowest BCUT2D eigenvalue weighted by Crippen LogP contribution is -2.05. The van der Waals surface area contributed by atoms with Crippen LogP contribution in [0.3, 0.4) is 0 Å². The van der Waals surface area contributed by atoms with Crippen molar-refractivity contribution in [2.24, 2.45) is 5.73 Å². The van der Waals surface area contributed by atoms with E-state index in [1.807, 2.05) is 0 Å². The summed E-state index contributed by atoms with van der Waals surface area (Å²) in [6, 6.07) is 1.84. The van der Waals surface area contributed by atoms with E-state index in [4.69, 9.17) is 5.73 Å². The molecule has 0 atom stereocenters. The number of halogens is 3. The molecule has 0 fully saturated rings. The van der Waals surface area contributed by atoms with E-state index in [1.54, 1.807) is 0 Å². The standard InChI is InChI=1S/C10H9F3N4/c11-7-1-6(2-8(12)10(7)13)4-17-5-15-9(3-14)16-17/h1-2,5H,3-4,14H2. The molecule has 7 heteroatoms. The van der Waals surface area contributed by atoms with E-state index in [-0.39, 0.29) is 18.7 Å². The highest BCUT2D eigenvalue weighted by Gasteiger charge is 2.11. The van der Waals surface area contributed by atoms with E-state index >= 15 is 0 Å². The van der Waals surface area contributed by atoms with Gasteiger partial charge in [-0.2, -0.15) is 5.10 Å². The molecule has 4 nitrogen and oxygen atoms in total. The van der Waals surface area contributed by atoms with E-state index in [1.165, 1.54) is 11.0 Å². The van der Waals surface area contributed by atoms with Gasteiger partial charge in [0.1, 0.15) is 6.33 Å². The first-order valence-corrected chi connectivity index (χ1v) is 4.82. The Balaban J connectivity index is 2.24. The minimum absolute atomic E-state index is 0.0983. The molecule has 0 saturated carbocycles. The highest BCUT2D eigenvalue weighted by molar-refractivity contribution is 5.19. The van der Waals surface area contributed by atoms with Crippen LogP contribution in [0.1, 0.15) is 11.4 Å². The van der Waals surface area contributed by atoms with Crippen molar-refractivity contribution in [2.75, 3.05) is 0 Å². The zero-order valence-corrected chi connectivity index (χ0v) is 8.70. The van der Waals surface area contributed by atoms with Crippen LogP contribution in [0.5, 0.6) is 0 Å². The molecule has 1 aromatic heterocycles. The molecule has 0 aliphatic carbocycles. The van der Waals surface area contributed by atoms with Crippen LogP contribution in [-0.2, 0) is 13.1 Å². The SMILES string of the molecule is NCc1ncn(Cc2cc(F)c(F)c(F)c2)n1. The Labute approximate surface area is 94.9 Å². The van der Waals surface area contributed by atoms with Crippen LogP contribution in [0.4, 0.5) is 13.2 Å². The molecule has 17 heavy (non-hydrogen) atoms. The lowest BCUT2D eigenvalue weighted by Gasteiger charge is -2.03. The monoisotopic (exact) mass is 242 g/mol. The molecule has 0 unspecified atom stereocenters. The molecule has 0 saturated heterocycles. The average Bonchev–Trinajstić information content (AvgIpc) is 2.73. The number of nitrogens with two attached hydrogens (primary N) is 1. The first-order valence-electron chi connectivity index (χ1n) is 4.82. The van der Waals surface area contributed by atoms with Gasteiger partial charge in [0.25, 0.3) is 0 Å². The summed E-state index contributed by atoms with van der Waals surface area (Å²) in [5.74, 6) is -3.50. The van der Waals surface area contributed by atoms with Gasteiger partial charge < -0.3 is 5.73 Å². The molecule has 0 spiro atoms. The maximum atomic E-state index is 12.9. The van der Waals surface area contributed by atoms with Crippen molar-refractivity contribution in [2.45, 2.75) is 13.1 Å². The number of nitrogens with zero attached hydrogens (tertiary/aromatic N) is 3. The molecule has 0 amide bonds. The van der Waals surface area contributed by atoms with E-state index in [0.717, 1.165) is 12.1 Å². The van der Waals surface area contributed by atoms with Gasteiger partial charge in [-0.25, -0.2) is 22.8 Å². The molecule has 1 aromatic carbocycles. The summed E-state index contributed by atoms with van der Waals surface area (Å²) in [6.07, 6.45) is 1.39. The predicted octanol–water partition coefficient (Wildman–Crippen LogP) is 1.20. The van der Waals surface area contributed by atoms with Gasteiger partial charge in [-0.15, -0.1) is 0 Å². The number of aromatic nitrogens is 3. The number of benzene rings is 1. The Morgan fingerprint density at radius 1 is 1.18 bits per heavy atom. The van der Waals surface area contributed by atoms with Crippen LogP contribution in [0.15, 0.2) is 18.5 Å². The number of rotatable bonds is 3. The third kappa shape index (κ3) is 2.44. The maximum absolute atomic E-state index is 12.9. The largest absolute Gasteiger partial charge is 0.324 e. The van der Waals surface area contributed by atoms with Gasteiger partial charge >= 0.3 is 0 Å². The Morgan fingerprint density at radius 2 is 1.82 bits per heavy atom. The molecule has 1 heterocycles. The molecule has 90 valence electrons. The van der Waals surface area contributed by atoms with Crippen molar-refractivity contribution >= 4 is 0 Å². The van der Waals surface area contributed by atoms with Gasteiger partial charge in [0.2, 0.25) is 0 Å². The molecule has 2 rings (SSSR count). The summed E-state index contributed by atoms with van der Waals surface area (Å²) in [4.78, 5) is 3.86. The predicted molar refractivity (Wildman–Crippen MR) is 53.3 cm³/mol. The lowest BCUT2D eigenvalue weighted by atomic mass is 10.2. The van der Waals surface area contributed by atoms with Crippen LogP contribution >= 0.6 is 0 Å². The van der Waals surface area contributed by atoms with E-state index in [0.29, 0.717) is 5.82 Å².